The van der Waals surface area contributed by atoms with Crippen LogP contribution in [0.15, 0.2) is 118 Å². The van der Waals surface area contributed by atoms with E-state index in [1.54, 1.807) is 78.9 Å². The normalized spacial score (nSPS) is 16.6. The minimum atomic E-state index is -1.90. The SMILES string of the molecule is [C-]#[N+]c1c(C(=O)OC2C(C)CC(C)CC2C)c2nc(-c3ccc(OCCCC)c(NC(=O)c4ccccc4OCc4ccc(NS(=O)Oc5cc(Br)c(Br)cc5Br)cc4)c3)[nH]n2c1OC(=O)N(CC=C)CC=C. The summed E-state index contributed by atoms with van der Waals surface area (Å²) < 4.78 is 49.1. The number of nitrogens with one attached hydrogen (secondary N) is 3. The number of fused-ring (bicyclic) bond motifs is 1. The number of unbranched alkanes of at least 4 members (excludes halogenated alkanes) is 1. The van der Waals surface area contributed by atoms with E-state index in [9.17, 15) is 18.6 Å². The van der Waals surface area contributed by atoms with Crippen LogP contribution in [0.25, 0.3) is 21.9 Å². The van der Waals surface area contributed by atoms with E-state index in [-0.39, 0.29) is 65.7 Å². The maximum atomic E-state index is 14.3. The van der Waals surface area contributed by atoms with Crippen LogP contribution < -0.4 is 28.4 Å². The Bertz CT molecular complexity index is 3060. The Morgan fingerprint density at radius 1 is 0.918 bits per heavy atom. The van der Waals surface area contributed by atoms with Gasteiger partial charge in [-0.2, -0.15) is 4.21 Å². The van der Waals surface area contributed by atoms with Crippen molar-refractivity contribution in [1.82, 2.24) is 19.5 Å². The van der Waals surface area contributed by atoms with Crippen LogP contribution in [-0.4, -0.2) is 67.5 Å². The van der Waals surface area contributed by atoms with E-state index >= 15 is 0 Å². The summed E-state index contributed by atoms with van der Waals surface area (Å²) in [6.07, 6.45) is 5.23. The molecule has 2 heterocycles. The zero-order chi connectivity index (χ0) is 52.3. The molecule has 1 saturated carbocycles. The van der Waals surface area contributed by atoms with Crippen LogP contribution in [0, 0.1) is 24.3 Å². The van der Waals surface area contributed by atoms with Crippen LogP contribution >= 0.6 is 47.8 Å². The molecule has 7 rings (SSSR count). The maximum Gasteiger partial charge on any atom is 0.416 e. The molecule has 1 fully saturated rings. The summed E-state index contributed by atoms with van der Waals surface area (Å²) in [4.78, 5) is 52.0. The lowest BCUT2D eigenvalue weighted by molar-refractivity contribution is -0.0249. The zero-order valence-electron chi connectivity index (χ0n) is 40.5. The molecule has 73 heavy (non-hydrogen) atoms. The van der Waals surface area contributed by atoms with Crippen LogP contribution in [0.4, 0.5) is 21.9 Å². The molecule has 2 amide bonds. The Hall–Kier alpha value is -6.40. The molecular formula is C53H54Br3N7O9S. The van der Waals surface area contributed by atoms with Gasteiger partial charge in [-0.05, 0) is 145 Å². The Morgan fingerprint density at radius 2 is 1.62 bits per heavy atom. The van der Waals surface area contributed by atoms with Crippen molar-refractivity contribution in [3.8, 4) is 34.5 Å². The Morgan fingerprint density at radius 3 is 2.30 bits per heavy atom. The van der Waals surface area contributed by atoms with E-state index < -0.39 is 35.3 Å². The number of rotatable bonds is 21. The van der Waals surface area contributed by atoms with Crippen molar-refractivity contribution in [2.24, 2.45) is 17.8 Å². The monoisotopic (exact) mass is 1200 g/mol. The van der Waals surface area contributed by atoms with Crippen molar-refractivity contribution in [2.75, 3.05) is 29.7 Å². The lowest BCUT2D eigenvalue weighted by Crippen LogP contribution is -2.37. The summed E-state index contributed by atoms with van der Waals surface area (Å²) in [6, 6.07) is 22.5. The molecule has 1 aliphatic carbocycles. The average Bonchev–Trinajstić information content (AvgIpc) is 3.92. The van der Waals surface area contributed by atoms with Gasteiger partial charge in [0.15, 0.2) is 17.2 Å². The summed E-state index contributed by atoms with van der Waals surface area (Å²) >= 11 is 8.37. The maximum absolute atomic E-state index is 14.3. The fourth-order valence-electron chi connectivity index (χ4n) is 8.57. The number of aromatic nitrogens is 3. The molecule has 2 aromatic heterocycles. The molecule has 3 atom stereocenters. The zero-order valence-corrected chi connectivity index (χ0v) is 46.1. The number of anilines is 2. The summed E-state index contributed by atoms with van der Waals surface area (Å²) in [6.45, 7) is 24.7. The molecule has 0 saturated heterocycles. The second-order valence-corrected chi connectivity index (χ2v) is 21.0. The van der Waals surface area contributed by atoms with Gasteiger partial charge in [0.1, 0.15) is 29.8 Å². The number of carbonyl (C=O) groups is 3. The van der Waals surface area contributed by atoms with E-state index in [1.165, 1.54) is 21.6 Å². The number of amides is 2. The highest BCUT2D eigenvalue weighted by Gasteiger charge is 2.38. The quantitative estimate of drug-likeness (QED) is 0.0206. The molecule has 16 nitrogen and oxygen atoms in total. The standard InChI is InChI=1S/C53H54Br3N7O9S/c1-8-11-24-68-43-21-18-35(48-59-49-45(52(65)70-47-32(5)25-31(4)26-33(47)6)46(57-7)51(63(49)60-48)71-53(66)62(22-9-2)23-10-3)27-41(43)58-50(64)37-14-12-13-15-42(37)69-30-34-16-19-36(20-17-34)61-73(67)72-44-29-39(55)38(54)28-40(44)56/h9-10,12-21,27-29,31-33,47,61H,2-3,8,11,22-26,30H2,1,4-6H3,(H,58,64)(H,59,60). The molecule has 6 aromatic rings. The van der Waals surface area contributed by atoms with Gasteiger partial charge in [-0.15, -0.1) is 13.2 Å². The molecular weight excluding hydrogens is 1150 g/mol. The third-order valence-corrected chi connectivity index (χ3v) is 15.2. The highest BCUT2D eigenvalue weighted by Crippen LogP contribution is 2.42. The van der Waals surface area contributed by atoms with Gasteiger partial charge in [0.05, 0.1) is 28.9 Å². The molecule has 382 valence electrons. The molecule has 0 radical (unpaired) electrons. The second kappa shape index (κ2) is 25.0. The molecule has 0 bridgehead atoms. The van der Waals surface area contributed by atoms with E-state index in [0.29, 0.717) is 51.2 Å². The van der Waals surface area contributed by atoms with Crippen molar-refractivity contribution in [3.05, 3.63) is 146 Å². The first kappa shape index (κ1) is 54.4. The van der Waals surface area contributed by atoms with E-state index in [4.69, 9.17) is 34.7 Å². The van der Waals surface area contributed by atoms with Gasteiger partial charge in [-0.3, -0.25) is 14.6 Å². The number of carbonyl (C=O) groups excluding carboxylic acids is 3. The summed E-state index contributed by atoms with van der Waals surface area (Å²) in [5, 5.41) is 6.14. The molecule has 20 heteroatoms. The smallest absolute Gasteiger partial charge is 0.416 e. The first-order valence-corrected chi connectivity index (χ1v) is 26.9. The Labute approximate surface area is 451 Å². The lowest BCUT2D eigenvalue weighted by Gasteiger charge is -2.37. The summed E-state index contributed by atoms with van der Waals surface area (Å²) in [5.74, 6) is 0.392. The van der Waals surface area contributed by atoms with Crippen LogP contribution in [-0.2, 0) is 22.6 Å². The molecule has 3 unspecified atom stereocenters. The second-order valence-electron chi connectivity index (χ2n) is 17.6. The van der Waals surface area contributed by atoms with Gasteiger partial charge in [0.2, 0.25) is 5.88 Å². The number of H-pyrrole nitrogens is 1. The van der Waals surface area contributed by atoms with Crippen LogP contribution in [0.5, 0.6) is 23.1 Å². The van der Waals surface area contributed by atoms with E-state index in [2.05, 4.69) is 102 Å². The molecule has 3 N–H and O–H groups in total. The van der Waals surface area contributed by atoms with Gasteiger partial charge < -0.3 is 33.3 Å². The van der Waals surface area contributed by atoms with Crippen molar-refractivity contribution >= 4 is 99.7 Å². The fraction of sp³-hybridized carbons (Fsp3) is 0.302. The molecule has 0 spiro atoms. The highest BCUT2D eigenvalue weighted by atomic mass is 79.9. The topological polar surface area (TPSA) is 179 Å². The van der Waals surface area contributed by atoms with Crippen molar-refractivity contribution in [2.45, 2.75) is 66.1 Å². The highest BCUT2D eigenvalue weighted by molar-refractivity contribution is 9.13. The largest absolute Gasteiger partial charge is 0.491 e. The van der Waals surface area contributed by atoms with Crippen LogP contribution in [0.2, 0.25) is 0 Å². The number of para-hydroxylation sites is 1. The van der Waals surface area contributed by atoms with Crippen molar-refractivity contribution < 1.29 is 41.7 Å². The van der Waals surface area contributed by atoms with Crippen molar-refractivity contribution in [3.63, 3.8) is 0 Å². The number of nitrogens with zero attached hydrogens (tertiary/aromatic N) is 4. The lowest BCUT2D eigenvalue weighted by atomic mass is 9.75. The number of ether oxygens (including phenoxy) is 4. The van der Waals surface area contributed by atoms with Gasteiger partial charge in [-0.1, -0.05) is 70.5 Å². The first-order chi connectivity index (χ1) is 35.1. The molecule has 4 aromatic carbocycles. The number of halogens is 3. The van der Waals surface area contributed by atoms with E-state index in [1.807, 2.05) is 6.92 Å². The minimum absolute atomic E-state index is 0.00531. The van der Waals surface area contributed by atoms with E-state index in [0.717, 1.165) is 40.2 Å². The predicted octanol–water partition coefficient (Wildman–Crippen LogP) is 13.6. The predicted molar refractivity (Wildman–Crippen MR) is 293 cm³/mol. The van der Waals surface area contributed by atoms with Gasteiger partial charge in [0, 0.05) is 33.3 Å². The third-order valence-electron chi connectivity index (χ3n) is 12.0. The van der Waals surface area contributed by atoms with Crippen molar-refractivity contribution in [1.29, 1.82) is 0 Å². The Kier molecular flexibility index (Phi) is 18.6. The number of benzene rings is 4. The van der Waals surface area contributed by atoms with Gasteiger partial charge >= 0.3 is 23.3 Å². The molecule has 1 aliphatic rings. The first-order valence-electron chi connectivity index (χ1n) is 23.4. The number of aromatic amines is 1. The number of esters is 1. The van der Waals surface area contributed by atoms with Crippen LogP contribution in [0.1, 0.15) is 79.7 Å². The summed E-state index contributed by atoms with van der Waals surface area (Å²) in [7, 11) is 0. The molecule has 0 aliphatic heterocycles. The minimum Gasteiger partial charge on any atom is -0.491 e. The average molecular weight is 1200 g/mol. The fourth-order valence-corrected chi connectivity index (χ4v) is 10.7. The van der Waals surface area contributed by atoms with Gasteiger partial charge in [0.25, 0.3) is 11.6 Å². The number of hydrogen-bond acceptors (Lipinski definition) is 10. The Balaban J connectivity index is 1.15. The third kappa shape index (κ3) is 13.2. The van der Waals surface area contributed by atoms with Gasteiger partial charge in [-0.25, -0.2) is 23.9 Å². The number of hydrogen-bond donors (Lipinski definition) is 3. The summed E-state index contributed by atoms with van der Waals surface area (Å²) in [5.41, 5.74) is 1.94. The van der Waals surface area contributed by atoms with Crippen LogP contribution in [0.3, 0.4) is 0 Å².